The van der Waals surface area contributed by atoms with E-state index in [0.29, 0.717) is 5.84 Å². The van der Waals surface area contributed by atoms with Crippen LogP contribution in [0.15, 0.2) is 4.40 Å². The average molecular weight is 308 g/mol. The van der Waals surface area contributed by atoms with Crippen molar-refractivity contribution >= 4 is 18.0 Å². The van der Waals surface area contributed by atoms with Gasteiger partial charge >= 0.3 is 0 Å². The van der Waals surface area contributed by atoms with E-state index in [1.165, 1.54) is 50.7 Å². The summed E-state index contributed by atoms with van der Waals surface area (Å²) in [4.78, 5) is 2.14. The van der Waals surface area contributed by atoms with Gasteiger partial charge in [0.05, 0.1) is 12.1 Å². The summed E-state index contributed by atoms with van der Waals surface area (Å²) in [5.41, 5.74) is 0.247. The standard InChI is InChI=1S/C16H28N4S/c1-15(2)9-8-10-16(3,4)20(15)21-18-14(13-17)19-11-6-5-7-12-19/h5-12H2,1-4H3. The fourth-order valence-electron chi connectivity index (χ4n) is 3.53. The number of nitrogens with zero attached hydrogens (tertiary/aromatic N) is 4. The van der Waals surface area contributed by atoms with Gasteiger partial charge in [0.15, 0.2) is 0 Å². The minimum Gasteiger partial charge on any atom is -0.347 e. The number of nitriles is 1. The second-order valence-electron chi connectivity index (χ2n) is 7.43. The van der Waals surface area contributed by atoms with Crippen LogP contribution in [-0.4, -0.2) is 39.2 Å². The summed E-state index contributed by atoms with van der Waals surface area (Å²) >= 11 is 1.49. The van der Waals surface area contributed by atoms with E-state index in [9.17, 15) is 5.26 Å². The predicted molar refractivity (Wildman–Crippen MR) is 89.9 cm³/mol. The highest BCUT2D eigenvalue weighted by molar-refractivity contribution is 7.96. The summed E-state index contributed by atoms with van der Waals surface area (Å²) in [6.07, 6.45) is 7.25. The number of rotatable bonds is 2. The molecule has 0 atom stereocenters. The van der Waals surface area contributed by atoms with Crippen LogP contribution in [-0.2, 0) is 0 Å². The Kier molecular flexibility index (Phi) is 5.21. The molecule has 2 saturated heterocycles. The molecule has 0 aromatic rings. The van der Waals surface area contributed by atoms with Crippen molar-refractivity contribution in [2.75, 3.05) is 13.1 Å². The van der Waals surface area contributed by atoms with Crippen LogP contribution in [0.2, 0.25) is 0 Å². The van der Waals surface area contributed by atoms with E-state index in [1.54, 1.807) is 0 Å². The van der Waals surface area contributed by atoms with Gasteiger partial charge in [0.2, 0.25) is 5.84 Å². The summed E-state index contributed by atoms with van der Waals surface area (Å²) in [5, 5.41) is 9.41. The van der Waals surface area contributed by atoms with Crippen molar-refractivity contribution in [2.45, 2.75) is 77.3 Å². The molecule has 0 aromatic heterocycles. The Labute approximate surface area is 133 Å². The topological polar surface area (TPSA) is 42.6 Å². The van der Waals surface area contributed by atoms with Crippen LogP contribution in [0.3, 0.4) is 0 Å². The van der Waals surface area contributed by atoms with Crippen molar-refractivity contribution in [1.82, 2.24) is 9.21 Å². The van der Waals surface area contributed by atoms with Crippen LogP contribution in [0.5, 0.6) is 0 Å². The van der Waals surface area contributed by atoms with E-state index in [1.807, 2.05) is 0 Å². The summed E-state index contributed by atoms with van der Waals surface area (Å²) in [5.74, 6) is 0.594. The van der Waals surface area contributed by atoms with Crippen LogP contribution in [0.25, 0.3) is 0 Å². The summed E-state index contributed by atoms with van der Waals surface area (Å²) < 4.78 is 7.00. The average Bonchev–Trinajstić information content (AvgIpc) is 2.42. The lowest BCUT2D eigenvalue weighted by atomic mass is 9.83. The van der Waals surface area contributed by atoms with E-state index in [-0.39, 0.29) is 11.1 Å². The van der Waals surface area contributed by atoms with Gasteiger partial charge in [-0.2, -0.15) is 9.66 Å². The van der Waals surface area contributed by atoms with Gasteiger partial charge in [-0.1, -0.05) is 0 Å². The number of amidine groups is 1. The molecule has 0 N–H and O–H groups in total. The van der Waals surface area contributed by atoms with Gasteiger partial charge < -0.3 is 4.90 Å². The van der Waals surface area contributed by atoms with Gasteiger partial charge in [0.1, 0.15) is 6.07 Å². The summed E-state index contributed by atoms with van der Waals surface area (Å²) in [6.45, 7) is 11.1. The summed E-state index contributed by atoms with van der Waals surface area (Å²) in [7, 11) is 0. The molecule has 0 aromatic carbocycles. The third kappa shape index (κ3) is 3.92. The van der Waals surface area contributed by atoms with Crippen molar-refractivity contribution in [3.63, 3.8) is 0 Å². The number of hydrogen-bond acceptors (Lipinski definition) is 4. The van der Waals surface area contributed by atoms with Gasteiger partial charge in [-0.05, 0) is 66.2 Å². The predicted octanol–water partition coefficient (Wildman–Crippen LogP) is 4.00. The van der Waals surface area contributed by atoms with E-state index in [4.69, 9.17) is 0 Å². The highest BCUT2D eigenvalue weighted by Gasteiger charge is 2.42. The Morgan fingerprint density at radius 1 is 1.00 bits per heavy atom. The molecule has 2 heterocycles. The molecule has 0 bridgehead atoms. The molecular weight excluding hydrogens is 280 g/mol. The molecule has 21 heavy (non-hydrogen) atoms. The van der Waals surface area contributed by atoms with Crippen LogP contribution in [0, 0.1) is 11.3 Å². The maximum Gasteiger partial charge on any atom is 0.216 e. The van der Waals surface area contributed by atoms with Gasteiger partial charge in [-0.25, -0.2) is 4.31 Å². The molecule has 4 nitrogen and oxygen atoms in total. The van der Waals surface area contributed by atoms with Crippen molar-refractivity contribution in [3.8, 4) is 6.07 Å². The normalized spacial score (nSPS) is 26.4. The van der Waals surface area contributed by atoms with E-state index in [0.717, 1.165) is 13.1 Å². The van der Waals surface area contributed by atoms with Gasteiger partial charge in [-0.3, -0.25) is 0 Å². The minimum absolute atomic E-state index is 0.123. The Hall–Kier alpha value is -0.730. The maximum atomic E-state index is 9.41. The van der Waals surface area contributed by atoms with Gasteiger partial charge in [-0.15, -0.1) is 0 Å². The van der Waals surface area contributed by atoms with Crippen molar-refractivity contribution in [1.29, 1.82) is 5.26 Å². The quantitative estimate of drug-likeness (QED) is 0.439. The molecule has 0 spiro atoms. The smallest absolute Gasteiger partial charge is 0.216 e. The Morgan fingerprint density at radius 2 is 1.57 bits per heavy atom. The lowest BCUT2D eigenvalue weighted by Crippen LogP contribution is -2.54. The minimum atomic E-state index is 0.123. The van der Waals surface area contributed by atoms with E-state index < -0.39 is 0 Å². The highest BCUT2D eigenvalue weighted by atomic mass is 32.2. The molecule has 5 heteroatoms. The highest BCUT2D eigenvalue weighted by Crippen LogP contribution is 2.43. The third-order valence-electron chi connectivity index (χ3n) is 4.64. The first-order valence-electron chi connectivity index (χ1n) is 8.07. The summed E-state index contributed by atoms with van der Waals surface area (Å²) in [6, 6.07) is 2.29. The molecule has 0 unspecified atom stereocenters. The van der Waals surface area contributed by atoms with Gasteiger partial charge in [0, 0.05) is 24.2 Å². The monoisotopic (exact) mass is 308 g/mol. The number of likely N-dealkylation sites (tertiary alicyclic amines) is 1. The number of hydrogen-bond donors (Lipinski definition) is 0. The molecule has 0 amide bonds. The van der Waals surface area contributed by atoms with Crippen molar-refractivity contribution in [2.24, 2.45) is 4.40 Å². The lowest BCUT2D eigenvalue weighted by Gasteiger charge is -2.50. The Morgan fingerprint density at radius 3 is 2.10 bits per heavy atom. The molecule has 118 valence electrons. The Bertz CT molecular complexity index is 414. The second-order valence-corrected chi connectivity index (χ2v) is 8.14. The lowest BCUT2D eigenvalue weighted by molar-refractivity contribution is 0.0677. The van der Waals surface area contributed by atoms with Crippen LogP contribution < -0.4 is 0 Å². The van der Waals surface area contributed by atoms with E-state index in [2.05, 4.69) is 47.4 Å². The first-order chi connectivity index (χ1) is 9.87. The van der Waals surface area contributed by atoms with Crippen molar-refractivity contribution in [3.05, 3.63) is 0 Å². The van der Waals surface area contributed by atoms with Gasteiger partial charge in [0.25, 0.3) is 0 Å². The van der Waals surface area contributed by atoms with Crippen LogP contribution >= 0.6 is 12.1 Å². The first kappa shape index (κ1) is 16.6. The third-order valence-corrected chi connectivity index (χ3v) is 6.05. The molecule has 2 fully saturated rings. The maximum absolute atomic E-state index is 9.41. The molecule has 2 aliphatic heterocycles. The van der Waals surface area contributed by atoms with Crippen LogP contribution in [0.4, 0.5) is 0 Å². The van der Waals surface area contributed by atoms with E-state index >= 15 is 0 Å². The zero-order valence-electron chi connectivity index (χ0n) is 13.9. The molecular formula is C16H28N4S. The zero-order chi connectivity index (χ0) is 15.5. The Balaban J connectivity index is 2.10. The molecule has 0 aliphatic carbocycles. The zero-order valence-corrected chi connectivity index (χ0v) is 14.7. The SMILES string of the molecule is CC1(C)CCCC(C)(C)N1SN=C(C#N)N1CCCCC1. The fraction of sp³-hybridized carbons (Fsp3) is 0.875. The molecule has 0 saturated carbocycles. The second kappa shape index (κ2) is 6.58. The first-order valence-corrected chi connectivity index (χ1v) is 8.80. The molecule has 2 aliphatic rings. The fourth-order valence-corrected chi connectivity index (χ4v) is 4.47. The number of piperidine rings is 2. The van der Waals surface area contributed by atoms with Crippen molar-refractivity contribution < 1.29 is 0 Å². The van der Waals surface area contributed by atoms with Crippen LogP contribution in [0.1, 0.15) is 66.2 Å². The molecule has 0 radical (unpaired) electrons. The largest absolute Gasteiger partial charge is 0.347 e. The molecule has 2 rings (SSSR count).